The molecule has 1 aromatic rings. The van der Waals surface area contributed by atoms with Gasteiger partial charge in [-0.15, -0.1) is 0 Å². The molecule has 1 aromatic carbocycles. The first-order valence-corrected chi connectivity index (χ1v) is 6.45. The van der Waals surface area contributed by atoms with Crippen molar-refractivity contribution in [1.82, 2.24) is 5.32 Å². The van der Waals surface area contributed by atoms with Gasteiger partial charge in [0.15, 0.2) is 0 Å². The van der Waals surface area contributed by atoms with Gasteiger partial charge >= 0.3 is 5.97 Å². The number of carbonyl (C=O) groups excluding carboxylic acids is 1. The maximum Gasteiger partial charge on any atom is 0.324 e. The smallest absolute Gasteiger partial charge is 0.324 e. The van der Waals surface area contributed by atoms with Gasteiger partial charge in [-0.3, -0.25) is 4.79 Å². The summed E-state index contributed by atoms with van der Waals surface area (Å²) in [4.78, 5) is 13.6. The van der Waals surface area contributed by atoms with E-state index in [1.807, 2.05) is 18.9 Å². The highest BCUT2D eigenvalue weighted by atomic mass is 19.1. The number of likely N-dealkylation sites (N-methyl/N-ethyl adjacent to an activating group) is 2. The minimum Gasteiger partial charge on any atom is -0.465 e. The normalized spacial score (nSPS) is 12.0. The molecule has 0 fully saturated rings. The van der Waals surface area contributed by atoms with E-state index in [-0.39, 0.29) is 11.8 Å². The molecule has 0 radical (unpaired) electrons. The minimum absolute atomic E-state index is 0.285. The highest BCUT2D eigenvalue weighted by Crippen LogP contribution is 2.14. The van der Waals surface area contributed by atoms with Gasteiger partial charge in [0.2, 0.25) is 0 Å². The summed E-state index contributed by atoms with van der Waals surface area (Å²) in [6.45, 7) is 5.15. The van der Waals surface area contributed by atoms with Crippen LogP contribution in [0.2, 0.25) is 0 Å². The Morgan fingerprint density at radius 1 is 1.47 bits per heavy atom. The van der Waals surface area contributed by atoms with E-state index >= 15 is 0 Å². The number of halogens is 1. The van der Waals surface area contributed by atoms with E-state index in [0.29, 0.717) is 19.7 Å². The third-order valence-corrected chi connectivity index (χ3v) is 2.73. The first-order chi connectivity index (χ1) is 9.08. The second-order valence-electron chi connectivity index (χ2n) is 4.22. The van der Waals surface area contributed by atoms with E-state index in [9.17, 15) is 9.18 Å². The second kappa shape index (κ2) is 7.74. The minimum atomic E-state index is -0.418. The van der Waals surface area contributed by atoms with Gasteiger partial charge in [0.25, 0.3) is 0 Å². The molecule has 0 aliphatic carbocycles. The molecule has 0 spiro atoms. The van der Waals surface area contributed by atoms with E-state index in [4.69, 9.17) is 4.74 Å². The van der Waals surface area contributed by atoms with Crippen LogP contribution in [0.15, 0.2) is 24.3 Å². The number of anilines is 1. The predicted molar refractivity (Wildman–Crippen MR) is 73.8 cm³/mol. The molecule has 0 amide bonds. The van der Waals surface area contributed by atoms with Crippen LogP contribution in [0.3, 0.4) is 0 Å². The molecule has 0 aliphatic heterocycles. The third kappa shape index (κ3) is 4.87. The number of rotatable bonds is 7. The Balaban J connectivity index is 2.70. The maximum absolute atomic E-state index is 13.2. The second-order valence-corrected chi connectivity index (χ2v) is 4.22. The van der Waals surface area contributed by atoms with Crippen molar-refractivity contribution in [1.29, 1.82) is 0 Å². The number of ether oxygens (including phenoxy) is 1. The van der Waals surface area contributed by atoms with Crippen molar-refractivity contribution in [3.63, 3.8) is 0 Å². The maximum atomic E-state index is 13.2. The number of nitrogens with one attached hydrogen (secondary N) is 1. The van der Waals surface area contributed by atoms with Gasteiger partial charge in [-0.25, -0.2) is 4.39 Å². The Kier molecular flexibility index (Phi) is 6.29. The van der Waals surface area contributed by atoms with Crippen LogP contribution in [0.1, 0.15) is 13.8 Å². The van der Waals surface area contributed by atoms with E-state index in [2.05, 4.69) is 5.32 Å². The fourth-order valence-corrected chi connectivity index (χ4v) is 1.80. The summed E-state index contributed by atoms with van der Waals surface area (Å²) in [6.07, 6.45) is 0. The zero-order valence-electron chi connectivity index (χ0n) is 11.6. The van der Waals surface area contributed by atoms with Crippen molar-refractivity contribution in [2.75, 3.05) is 31.6 Å². The van der Waals surface area contributed by atoms with Crippen LogP contribution in [0.25, 0.3) is 0 Å². The molecule has 106 valence electrons. The number of hydrogen-bond acceptors (Lipinski definition) is 4. The van der Waals surface area contributed by atoms with Crippen molar-refractivity contribution in [3.05, 3.63) is 30.1 Å². The highest BCUT2D eigenvalue weighted by Gasteiger charge is 2.20. The number of benzene rings is 1. The zero-order valence-corrected chi connectivity index (χ0v) is 11.6. The number of carbonyl (C=O) groups is 1. The molecule has 5 heteroatoms. The Labute approximate surface area is 113 Å². The molecular formula is C14H21FN2O2. The van der Waals surface area contributed by atoms with Gasteiger partial charge in [-0.05, 0) is 31.7 Å². The Morgan fingerprint density at radius 3 is 2.79 bits per heavy atom. The van der Waals surface area contributed by atoms with Gasteiger partial charge in [0.05, 0.1) is 6.61 Å². The monoisotopic (exact) mass is 268 g/mol. The predicted octanol–water partition coefficient (Wildman–Crippen LogP) is 1.80. The van der Waals surface area contributed by atoms with Crippen LogP contribution in [0, 0.1) is 5.82 Å². The van der Waals surface area contributed by atoms with Crippen molar-refractivity contribution in [2.24, 2.45) is 0 Å². The van der Waals surface area contributed by atoms with E-state index in [1.165, 1.54) is 12.1 Å². The molecule has 1 rings (SSSR count). The Hall–Kier alpha value is -1.62. The van der Waals surface area contributed by atoms with Crippen molar-refractivity contribution < 1.29 is 13.9 Å². The summed E-state index contributed by atoms with van der Waals surface area (Å²) in [5, 5.41) is 3.07. The molecular weight excluding hydrogens is 247 g/mol. The molecule has 0 heterocycles. The van der Waals surface area contributed by atoms with Crippen LogP contribution in [-0.4, -0.2) is 38.8 Å². The van der Waals surface area contributed by atoms with E-state index in [0.717, 1.165) is 5.69 Å². The lowest BCUT2D eigenvalue weighted by atomic mass is 10.2. The van der Waals surface area contributed by atoms with Gasteiger partial charge in [-0.1, -0.05) is 13.0 Å². The first kappa shape index (κ1) is 15.4. The number of nitrogens with zero attached hydrogens (tertiary/aromatic N) is 1. The summed E-state index contributed by atoms with van der Waals surface area (Å²) in [5.41, 5.74) is 0.729. The number of hydrogen-bond donors (Lipinski definition) is 1. The van der Waals surface area contributed by atoms with Gasteiger partial charge in [0, 0.05) is 19.3 Å². The van der Waals surface area contributed by atoms with Crippen molar-refractivity contribution >= 4 is 11.7 Å². The molecule has 0 aromatic heterocycles. The summed E-state index contributed by atoms with van der Waals surface area (Å²) in [5.74, 6) is -0.576. The SMILES string of the molecule is CCNC(CN(C)c1cccc(F)c1)C(=O)OCC. The Bertz CT molecular complexity index is 412. The molecule has 0 bridgehead atoms. The van der Waals surface area contributed by atoms with E-state index < -0.39 is 6.04 Å². The molecule has 19 heavy (non-hydrogen) atoms. The van der Waals surface area contributed by atoms with Gasteiger partial charge in [0.1, 0.15) is 11.9 Å². The lowest BCUT2D eigenvalue weighted by Crippen LogP contribution is -2.46. The standard InChI is InChI=1S/C14H21FN2O2/c1-4-16-13(14(18)19-5-2)10-17(3)12-8-6-7-11(15)9-12/h6-9,13,16H,4-5,10H2,1-3H3. The molecule has 0 saturated carbocycles. The Morgan fingerprint density at radius 2 is 2.21 bits per heavy atom. The molecule has 1 N–H and O–H groups in total. The summed E-state index contributed by atoms with van der Waals surface area (Å²) in [7, 11) is 1.82. The molecule has 0 saturated heterocycles. The summed E-state index contributed by atoms with van der Waals surface area (Å²) >= 11 is 0. The number of esters is 1. The van der Waals surface area contributed by atoms with Crippen molar-refractivity contribution in [3.8, 4) is 0 Å². The molecule has 4 nitrogen and oxygen atoms in total. The third-order valence-electron chi connectivity index (χ3n) is 2.73. The molecule has 1 atom stereocenters. The van der Waals surface area contributed by atoms with Crippen LogP contribution in [-0.2, 0) is 9.53 Å². The largest absolute Gasteiger partial charge is 0.465 e. The van der Waals surface area contributed by atoms with E-state index in [1.54, 1.807) is 19.1 Å². The average molecular weight is 268 g/mol. The van der Waals surface area contributed by atoms with Gasteiger partial charge in [-0.2, -0.15) is 0 Å². The fourth-order valence-electron chi connectivity index (χ4n) is 1.80. The zero-order chi connectivity index (χ0) is 14.3. The van der Waals surface area contributed by atoms with Crippen LogP contribution < -0.4 is 10.2 Å². The summed E-state index contributed by atoms with van der Waals surface area (Å²) in [6, 6.07) is 5.86. The molecule has 1 unspecified atom stereocenters. The van der Waals surface area contributed by atoms with Gasteiger partial charge < -0.3 is 15.0 Å². The lowest BCUT2D eigenvalue weighted by molar-refractivity contribution is -0.145. The molecule has 0 aliphatic rings. The summed E-state index contributed by atoms with van der Waals surface area (Å²) < 4.78 is 18.2. The fraction of sp³-hybridized carbons (Fsp3) is 0.500. The van der Waals surface area contributed by atoms with Crippen molar-refractivity contribution in [2.45, 2.75) is 19.9 Å². The topological polar surface area (TPSA) is 41.6 Å². The quantitative estimate of drug-likeness (QED) is 0.766. The highest BCUT2D eigenvalue weighted by molar-refractivity contribution is 5.76. The first-order valence-electron chi connectivity index (χ1n) is 6.45. The average Bonchev–Trinajstić information content (AvgIpc) is 2.38. The van der Waals surface area contributed by atoms with Crippen LogP contribution >= 0.6 is 0 Å². The lowest BCUT2D eigenvalue weighted by Gasteiger charge is -2.25. The van der Waals surface area contributed by atoms with Crippen LogP contribution in [0.4, 0.5) is 10.1 Å². The van der Waals surface area contributed by atoms with Crippen LogP contribution in [0.5, 0.6) is 0 Å².